The van der Waals surface area contributed by atoms with E-state index in [2.05, 4.69) is 4.72 Å². The van der Waals surface area contributed by atoms with Gasteiger partial charge in [-0.15, -0.1) is 0 Å². The molecule has 4 nitrogen and oxygen atoms in total. The predicted molar refractivity (Wildman–Crippen MR) is 74.6 cm³/mol. The SMILES string of the molecule is NC(=S)C1CCCC1NS(=O)(=O)c1cccc(F)c1. The first kappa shape index (κ1) is 14.4. The largest absolute Gasteiger partial charge is 0.393 e. The summed E-state index contributed by atoms with van der Waals surface area (Å²) in [5, 5.41) is 0. The van der Waals surface area contributed by atoms with Crippen LogP contribution in [0, 0.1) is 11.7 Å². The van der Waals surface area contributed by atoms with Gasteiger partial charge in [0.05, 0.1) is 9.88 Å². The fraction of sp³-hybridized carbons (Fsp3) is 0.417. The van der Waals surface area contributed by atoms with Gasteiger partial charge in [0.1, 0.15) is 5.82 Å². The summed E-state index contributed by atoms with van der Waals surface area (Å²) in [5.41, 5.74) is 5.61. The maximum absolute atomic E-state index is 13.1. The zero-order valence-corrected chi connectivity index (χ0v) is 11.8. The molecule has 2 rings (SSSR count). The van der Waals surface area contributed by atoms with Gasteiger partial charge in [0.15, 0.2) is 0 Å². The van der Waals surface area contributed by atoms with Crippen molar-refractivity contribution >= 4 is 27.2 Å². The van der Waals surface area contributed by atoms with Crippen LogP contribution in [0.2, 0.25) is 0 Å². The third-order valence-electron chi connectivity index (χ3n) is 3.29. The lowest BCUT2D eigenvalue weighted by Gasteiger charge is -2.19. The van der Waals surface area contributed by atoms with Crippen molar-refractivity contribution in [2.24, 2.45) is 11.7 Å². The number of hydrogen-bond donors (Lipinski definition) is 2. The van der Waals surface area contributed by atoms with Gasteiger partial charge in [-0.25, -0.2) is 17.5 Å². The molecular formula is C12H15FN2O2S2. The number of rotatable bonds is 4. The van der Waals surface area contributed by atoms with Crippen LogP contribution < -0.4 is 10.5 Å². The summed E-state index contributed by atoms with van der Waals surface area (Å²) in [4.78, 5) is 0.241. The molecule has 0 saturated heterocycles. The van der Waals surface area contributed by atoms with Gasteiger partial charge >= 0.3 is 0 Å². The fourth-order valence-electron chi connectivity index (χ4n) is 2.34. The standard InChI is InChI=1S/C12H15FN2O2S2/c13-8-3-1-4-9(7-8)19(16,17)15-11-6-2-5-10(11)12(14)18/h1,3-4,7,10-11,15H,2,5-6H2,(H2,14,18). The maximum atomic E-state index is 13.1. The minimum absolute atomic E-state index is 0.0823. The van der Waals surface area contributed by atoms with Crippen LogP contribution >= 0.6 is 12.2 Å². The number of nitrogens with two attached hydrogens (primary N) is 1. The number of hydrogen-bond acceptors (Lipinski definition) is 3. The Hall–Kier alpha value is -1.05. The van der Waals surface area contributed by atoms with Gasteiger partial charge in [0.25, 0.3) is 0 Å². The van der Waals surface area contributed by atoms with E-state index in [0.717, 1.165) is 18.9 Å². The Bertz CT molecular complexity index is 589. The highest BCUT2D eigenvalue weighted by atomic mass is 32.2. The lowest BCUT2D eigenvalue weighted by atomic mass is 10.1. The van der Waals surface area contributed by atoms with E-state index >= 15 is 0 Å². The van der Waals surface area contributed by atoms with Crippen molar-refractivity contribution in [2.45, 2.75) is 30.2 Å². The molecule has 1 aromatic carbocycles. The molecule has 2 unspecified atom stereocenters. The van der Waals surface area contributed by atoms with E-state index in [-0.39, 0.29) is 16.9 Å². The molecule has 1 aliphatic rings. The number of halogens is 1. The average Bonchev–Trinajstić information content (AvgIpc) is 2.76. The van der Waals surface area contributed by atoms with Crippen molar-refractivity contribution in [3.63, 3.8) is 0 Å². The van der Waals surface area contributed by atoms with Gasteiger partial charge in [-0.05, 0) is 31.0 Å². The fourth-order valence-corrected chi connectivity index (χ4v) is 3.97. The zero-order chi connectivity index (χ0) is 14.0. The highest BCUT2D eigenvalue weighted by Gasteiger charge is 2.32. The quantitative estimate of drug-likeness (QED) is 0.828. The first-order chi connectivity index (χ1) is 8.90. The Morgan fingerprint density at radius 2 is 2.16 bits per heavy atom. The molecule has 0 heterocycles. The molecule has 3 N–H and O–H groups in total. The van der Waals surface area contributed by atoms with Gasteiger partial charge in [0.2, 0.25) is 10.0 Å². The molecule has 0 amide bonds. The van der Waals surface area contributed by atoms with E-state index in [4.69, 9.17) is 18.0 Å². The van der Waals surface area contributed by atoms with Crippen LogP contribution in [0.3, 0.4) is 0 Å². The molecule has 1 fully saturated rings. The Morgan fingerprint density at radius 1 is 1.42 bits per heavy atom. The first-order valence-corrected chi connectivity index (χ1v) is 7.86. The monoisotopic (exact) mass is 302 g/mol. The summed E-state index contributed by atoms with van der Waals surface area (Å²) in [5.74, 6) is -0.710. The Balaban J connectivity index is 2.20. The lowest BCUT2D eigenvalue weighted by molar-refractivity contribution is 0.524. The molecule has 1 aliphatic carbocycles. The van der Waals surface area contributed by atoms with Crippen LogP contribution in [0.1, 0.15) is 19.3 Å². The summed E-state index contributed by atoms with van der Waals surface area (Å²) < 4.78 is 39.9. The molecule has 2 atom stereocenters. The van der Waals surface area contributed by atoms with Crippen LogP contribution in [0.25, 0.3) is 0 Å². The van der Waals surface area contributed by atoms with E-state index in [1.165, 1.54) is 18.2 Å². The number of thiocarbonyl (C=S) groups is 1. The molecule has 7 heteroatoms. The number of sulfonamides is 1. The Morgan fingerprint density at radius 3 is 2.79 bits per heavy atom. The van der Waals surface area contributed by atoms with Crippen molar-refractivity contribution in [1.29, 1.82) is 0 Å². The Kier molecular flexibility index (Phi) is 4.17. The van der Waals surface area contributed by atoms with Crippen molar-refractivity contribution in [2.75, 3.05) is 0 Å². The molecule has 19 heavy (non-hydrogen) atoms. The molecule has 0 aromatic heterocycles. The van der Waals surface area contributed by atoms with E-state index in [1.807, 2.05) is 0 Å². The van der Waals surface area contributed by atoms with Crippen molar-refractivity contribution in [3.8, 4) is 0 Å². The van der Waals surface area contributed by atoms with Gasteiger partial charge < -0.3 is 5.73 Å². The van der Waals surface area contributed by atoms with Crippen LogP contribution in [0.4, 0.5) is 4.39 Å². The van der Waals surface area contributed by atoms with Gasteiger partial charge in [-0.3, -0.25) is 0 Å². The molecule has 0 bridgehead atoms. The van der Waals surface area contributed by atoms with Crippen molar-refractivity contribution in [3.05, 3.63) is 30.1 Å². The molecular weight excluding hydrogens is 287 g/mol. The van der Waals surface area contributed by atoms with E-state index in [0.29, 0.717) is 11.4 Å². The minimum Gasteiger partial charge on any atom is -0.393 e. The topological polar surface area (TPSA) is 72.2 Å². The second-order valence-electron chi connectivity index (χ2n) is 4.62. The van der Waals surface area contributed by atoms with Crippen molar-refractivity contribution in [1.82, 2.24) is 4.72 Å². The molecule has 0 radical (unpaired) electrons. The highest BCUT2D eigenvalue weighted by molar-refractivity contribution is 7.89. The summed E-state index contributed by atoms with van der Waals surface area (Å²) in [6.45, 7) is 0. The molecule has 1 saturated carbocycles. The average molecular weight is 302 g/mol. The smallest absolute Gasteiger partial charge is 0.240 e. The third kappa shape index (κ3) is 3.29. The normalized spacial score (nSPS) is 23.4. The first-order valence-electron chi connectivity index (χ1n) is 5.97. The zero-order valence-electron chi connectivity index (χ0n) is 10.2. The molecule has 104 valence electrons. The minimum atomic E-state index is -3.74. The van der Waals surface area contributed by atoms with Gasteiger partial charge in [0, 0.05) is 12.0 Å². The third-order valence-corrected chi connectivity index (χ3v) is 5.08. The van der Waals surface area contributed by atoms with Crippen LogP contribution in [0.5, 0.6) is 0 Å². The number of nitrogens with one attached hydrogen (secondary N) is 1. The summed E-state index contributed by atoms with van der Waals surface area (Å²) in [6, 6.07) is 4.62. The maximum Gasteiger partial charge on any atom is 0.240 e. The number of benzene rings is 1. The van der Waals surface area contributed by atoms with E-state index in [1.54, 1.807) is 0 Å². The predicted octanol–water partition coefficient (Wildman–Crippen LogP) is 1.56. The lowest BCUT2D eigenvalue weighted by Crippen LogP contribution is -2.41. The van der Waals surface area contributed by atoms with Crippen molar-refractivity contribution < 1.29 is 12.8 Å². The summed E-state index contributed by atoms with van der Waals surface area (Å²) >= 11 is 4.94. The van der Waals surface area contributed by atoms with E-state index in [9.17, 15) is 12.8 Å². The Labute approximate surface area is 117 Å². The van der Waals surface area contributed by atoms with Crippen LogP contribution in [0.15, 0.2) is 29.2 Å². The highest BCUT2D eigenvalue weighted by Crippen LogP contribution is 2.27. The van der Waals surface area contributed by atoms with Crippen LogP contribution in [-0.2, 0) is 10.0 Å². The van der Waals surface area contributed by atoms with Crippen LogP contribution in [-0.4, -0.2) is 19.4 Å². The summed E-state index contributed by atoms with van der Waals surface area (Å²) in [7, 11) is -3.74. The second kappa shape index (κ2) is 5.52. The second-order valence-corrected chi connectivity index (χ2v) is 6.81. The van der Waals surface area contributed by atoms with Gasteiger partial charge in [-0.2, -0.15) is 0 Å². The molecule has 0 spiro atoms. The molecule has 0 aliphatic heterocycles. The molecule has 1 aromatic rings. The van der Waals surface area contributed by atoms with Gasteiger partial charge in [-0.1, -0.05) is 24.7 Å². The summed E-state index contributed by atoms with van der Waals surface area (Å²) in [6.07, 6.45) is 2.35. The van der Waals surface area contributed by atoms with E-state index < -0.39 is 15.8 Å².